The van der Waals surface area contributed by atoms with E-state index >= 15 is 0 Å². The Morgan fingerprint density at radius 3 is 1.60 bits per heavy atom. The lowest BCUT2D eigenvalue weighted by Crippen LogP contribution is -2.53. The molecule has 196 valence electrons. The van der Waals surface area contributed by atoms with Gasteiger partial charge in [-0.05, 0) is 28.9 Å². The molecule has 2 aliphatic rings. The third-order valence-electron chi connectivity index (χ3n) is 6.42. The van der Waals surface area contributed by atoms with Gasteiger partial charge >= 0.3 is 0 Å². The van der Waals surface area contributed by atoms with Crippen molar-refractivity contribution in [2.45, 2.75) is 70.6 Å². The van der Waals surface area contributed by atoms with Gasteiger partial charge in [-0.25, -0.2) is 0 Å². The van der Waals surface area contributed by atoms with E-state index in [1.54, 1.807) is 0 Å². The number of halogens is 1. The summed E-state index contributed by atoms with van der Waals surface area (Å²) in [4.78, 5) is 4.49. The Morgan fingerprint density at radius 1 is 0.743 bits per heavy atom. The molecular weight excluding hydrogens is 547 g/mol. The van der Waals surface area contributed by atoms with Crippen LogP contribution in [-0.2, 0) is 9.47 Å². The fourth-order valence-electron chi connectivity index (χ4n) is 4.25. The lowest BCUT2D eigenvalue weighted by atomic mass is 9.94. The number of likely N-dealkylation sites (tertiary alicyclic amines) is 1. The van der Waals surface area contributed by atoms with Crippen LogP contribution in [0.5, 0.6) is 0 Å². The highest BCUT2D eigenvalue weighted by Crippen LogP contribution is 2.32. The number of hydrogen-bond donors (Lipinski definition) is 1. The topological polar surface area (TPSA) is 33.7 Å². The van der Waals surface area contributed by atoms with Crippen molar-refractivity contribution in [3.05, 3.63) is 71.8 Å². The molecule has 0 spiro atoms. The predicted molar refractivity (Wildman–Crippen MR) is 158 cm³/mol. The van der Waals surface area contributed by atoms with Gasteiger partial charge in [0.2, 0.25) is 0 Å². The van der Waals surface area contributed by atoms with Crippen molar-refractivity contribution < 1.29 is 9.47 Å². The molecule has 1 N–H and O–H groups in total. The molecule has 0 atom stereocenters. The number of rotatable bonds is 13. The lowest BCUT2D eigenvalue weighted by Gasteiger charge is -2.44. The van der Waals surface area contributed by atoms with Crippen LogP contribution in [0.15, 0.2) is 60.7 Å². The Kier molecular flexibility index (Phi) is 16.6. The van der Waals surface area contributed by atoms with Gasteiger partial charge in [0.25, 0.3) is 0 Å². The van der Waals surface area contributed by atoms with Gasteiger partial charge in [0.05, 0.1) is 18.2 Å². The summed E-state index contributed by atoms with van der Waals surface area (Å²) < 4.78 is 11.5. The molecule has 5 heteroatoms. The van der Waals surface area contributed by atoms with E-state index in [-0.39, 0.29) is 0 Å². The molecule has 35 heavy (non-hydrogen) atoms. The number of nitrogens with zero attached hydrogens (tertiary/aromatic N) is 1. The second-order valence-electron chi connectivity index (χ2n) is 9.24. The van der Waals surface area contributed by atoms with Gasteiger partial charge in [0.15, 0.2) is 0 Å². The highest BCUT2D eigenvalue weighted by Gasteiger charge is 2.34. The first-order valence-corrected chi connectivity index (χ1v) is 15.6. The average Bonchev–Trinajstić information content (AvgIpc) is 2.86. The number of unbranched alkanes of at least 4 members (excludes halogenated alkanes) is 4. The molecule has 2 heterocycles. The smallest absolute Gasteiger partial charge is 0.0829 e. The van der Waals surface area contributed by atoms with Crippen LogP contribution in [0.1, 0.15) is 69.5 Å². The minimum absolute atomic E-state index is 0.341. The minimum Gasteiger partial charge on any atom is -0.376 e. The maximum absolute atomic E-state index is 5.99. The number of alkyl halides is 1. The first-order valence-electron chi connectivity index (χ1n) is 13.5. The molecule has 2 aliphatic heterocycles. The Labute approximate surface area is 228 Å². The van der Waals surface area contributed by atoms with E-state index in [0.29, 0.717) is 18.2 Å². The first-order chi connectivity index (χ1) is 17.3. The maximum atomic E-state index is 5.99. The summed E-state index contributed by atoms with van der Waals surface area (Å²) in [5.74, 6) is 0. The number of benzene rings is 2. The van der Waals surface area contributed by atoms with Crippen molar-refractivity contribution in [2.24, 2.45) is 0 Å². The average molecular weight is 595 g/mol. The first kappa shape index (κ1) is 30.2. The number of hydrogen-bond acceptors (Lipinski definition) is 4. The number of nitrogens with one attached hydrogen (secondary N) is 1. The molecule has 4 nitrogen and oxygen atoms in total. The molecule has 2 aromatic carbocycles. The molecule has 0 bridgehead atoms. The second kappa shape index (κ2) is 19.2. The fourth-order valence-corrected chi connectivity index (χ4v) is 4.25. The maximum Gasteiger partial charge on any atom is 0.0829 e. The summed E-state index contributed by atoms with van der Waals surface area (Å²) in [6.45, 7) is 10.5. The van der Waals surface area contributed by atoms with E-state index in [2.05, 4.69) is 107 Å². The molecule has 2 aromatic rings. The van der Waals surface area contributed by atoms with Crippen LogP contribution in [0.25, 0.3) is 0 Å². The van der Waals surface area contributed by atoms with E-state index in [1.807, 2.05) is 4.93 Å². The number of ether oxygens (including phenoxy) is 2. The molecule has 0 radical (unpaired) electrons. The molecule has 0 saturated carbocycles. The van der Waals surface area contributed by atoms with E-state index in [1.165, 1.54) is 49.7 Å². The zero-order valence-electron chi connectivity index (χ0n) is 22.1. The van der Waals surface area contributed by atoms with Crippen LogP contribution in [0.2, 0.25) is 0 Å². The van der Waals surface area contributed by atoms with Gasteiger partial charge in [-0.15, -0.1) is 0 Å². The molecule has 0 amide bonds. The SMILES string of the molecule is CCCCCOC1CN(C(c2ccccc2)c2ccccc2)C1.CCCCCOC1CNC1.CI. The van der Waals surface area contributed by atoms with Crippen LogP contribution in [-0.4, -0.2) is 61.4 Å². The minimum atomic E-state index is 0.341. The Morgan fingerprint density at radius 2 is 1.20 bits per heavy atom. The van der Waals surface area contributed by atoms with Crippen molar-refractivity contribution >= 4 is 22.6 Å². The summed E-state index contributed by atoms with van der Waals surface area (Å²) in [6.07, 6.45) is 8.46. The van der Waals surface area contributed by atoms with Crippen LogP contribution in [0.3, 0.4) is 0 Å². The highest BCUT2D eigenvalue weighted by atomic mass is 127. The summed E-state index contributed by atoms with van der Waals surface area (Å²) >= 11 is 2.15. The van der Waals surface area contributed by atoms with E-state index in [4.69, 9.17) is 9.47 Å². The molecule has 4 rings (SSSR count). The third kappa shape index (κ3) is 11.3. The van der Waals surface area contributed by atoms with Crippen molar-refractivity contribution in [3.8, 4) is 0 Å². The second-order valence-corrected chi connectivity index (χ2v) is 9.24. The van der Waals surface area contributed by atoms with Crippen molar-refractivity contribution in [1.29, 1.82) is 0 Å². The molecular formula is C30H47IN2O2. The largest absolute Gasteiger partial charge is 0.376 e. The van der Waals surface area contributed by atoms with E-state index in [0.717, 1.165) is 39.4 Å². The van der Waals surface area contributed by atoms with Gasteiger partial charge in [0, 0.05) is 39.4 Å². The molecule has 2 fully saturated rings. The standard InChI is InChI=1S/C21H27NO.C8H17NO.CH3I/c1-2-3-10-15-23-20-16-22(17-20)21(18-11-6-4-7-12-18)19-13-8-5-9-14-19;1-2-3-4-5-10-8-6-9-7-8;1-2/h4-9,11-14,20-21H,2-3,10,15-17H2,1H3;8-9H,2-7H2,1H3;1H3. The normalized spacial score (nSPS) is 15.9. The monoisotopic (exact) mass is 594 g/mol. The van der Waals surface area contributed by atoms with Gasteiger partial charge in [0.1, 0.15) is 0 Å². The Hall–Kier alpha value is -0.990. The molecule has 0 unspecified atom stereocenters. The highest BCUT2D eigenvalue weighted by molar-refractivity contribution is 14.1. The molecule has 0 aromatic heterocycles. The predicted octanol–water partition coefficient (Wildman–Crippen LogP) is 6.88. The lowest BCUT2D eigenvalue weighted by molar-refractivity contribution is -0.0672. The van der Waals surface area contributed by atoms with Gasteiger partial charge in [-0.2, -0.15) is 0 Å². The van der Waals surface area contributed by atoms with Crippen molar-refractivity contribution in [1.82, 2.24) is 10.2 Å². The zero-order chi connectivity index (χ0) is 25.1. The molecule has 2 saturated heterocycles. The van der Waals surface area contributed by atoms with Gasteiger partial charge in [-0.1, -0.05) is 123 Å². The van der Waals surface area contributed by atoms with Crippen LogP contribution in [0.4, 0.5) is 0 Å². The fraction of sp³-hybridized carbons (Fsp3) is 0.600. The summed E-state index contributed by atoms with van der Waals surface area (Å²) in [5.41, 5.74) is 2.73. The third-order valence-corrected chi connectivity index (χ3v) is 6.42. The van der Waals surface area contributed by atoms with Crippen LogP contribution < -0.4 is 5.32 Å². The quantitative estimate of drug-likeness (QED) is 0.156. The van der Waals surface area contributed by atoms with Crippen LogP contribution in [0, 0.1) is 0 Å². The summed E-state index contributed by atoms with van der Waals surface area (Å²) in [5, 5.41) is 3.18. The summed E-state index contributed by atoms with van der Waals surface area (Å²) in [7, 11) is 0. The van der Waals surface area contributed by atoms with Crippen molar-refractivity contribution in [2.75, 3.05) is 44.3 Å². The molecule has 0 aliphatic carbocycles. The zero-order valence-corrected chi connectivity index (χ0v) is 24.3. The van der Waals surface area contributed by atoms with Crippen molar-refractivity contribution in [3.63, 3.8) is 0 Å². The van der Waals surface area contributed by atoms with Gasteiger partial charge < -0.3 is 14.8 Å². The van der Waals surface area contributed by atoms with Gasteiger partial charge in [-0.3, -0.25) is 4.90 Å². The Balaban J connectivity index is 0.000000302. The summed E-state index contributed by atoms with van der Waals surface area (Å²) in [6, 6.07) is 21.9. The van der Waals surface area contributed by atoms with E-state index < -0.39 is 0 Å². The van der Waals surface area contributed by atoms with Crippen LogP contribution >= 0.6 is 22.6 Å². The Bertz CT molecular complexity index is 697. The van der Waals surface area contributed by atoms with E-state index in [9.17, 15) is 0 Å².